The molecule has 6 heteroatoms. The van der Waals surface area contributed by atoms with Crippen LogP contribution in [-0.4, -0.2) is 32.8 Å². The Morgan fingerprint density at radius 1 is 1.09 bits per heavy atom. The Hall–Kier alpha value is -2.05. The van der Waals surface area contributed by atoms with Crippen LogP contribution < -0.4 is 15.4 Å². The molecule has 0 bridgehead atoms. The number of halogens is 1. The molecule has 0 spiro atoms. The average molecular weight is 379 g/mol. The third kappa shape index (κ3) is 6.30. The second kappa shape index (κ2) is 9.17. The highest BCUT2D eigenvalue weighted by atomic mass is 79.9. The molecule has 23 heavy (non-hydrogen) atoms. The molecule has 0 heterocycles. The molecule has 0 fully saturated rings. The number of hydrogen-bond acceptors (Lipinski definition) is 4. The molecule has 2 rings (SSSR count). The molecule has 0 aliphatic rings. The third-order valence-electron chi connectivity index (χ3n) is 2.95. The van der Waals surface area contributed by atoms with Crippen molar-refractivity contribution in [2.75, 3.05) is 37.5 Å². The highest BCUT2D eigenvalue weighted by Crippen LogP contribution is 2.18. The van der Waals surface area contributed by atoms with E-state index >= 15 is 0 Å². The first-order chi connectivity index (χ1) is 11.2. The van der Waals surface area contributed by atoms with Gasteiger partial charge in [0, 0.05) is 29.0 Å². The van der Waals surface area contributed by atoms with Crippen LogP contribution in [0.2, 0.25) is 0 Å². The molecule has 0 aliphatic carbocycles. The number of hydrogen-bond donors (Lipinski definition) is 2. The highest BCUT2D eigenvalue weighted by Gasteiger charge is 2.03. The third-order valence-corrected chi connectivity index (χ3v) is 3.44. The van der Waals surface area contributed by atoms with Gasteiger partial charge >= 0.3 is 0 Å². The van der Waals surface area contributed by atoms with Crippen molar-refractivity contribution >= 4 is 33.2 Å². The predicted octanol–water partition coefficient (Wildman–Crippen LogP) is 3.52. The van der Waals surface area contributed by atoms with E-state index in [9.17, 15) is 4.79 Å². The fraction of sp³-hybridized carbons (Fsp3) is 0.235. The van der Waals surface area contributed by atoms with Crippen LogP contribution in [0.25, 0.3) is 0 Å². The lowest BCUT2D eigenvalue weighted by atomic mass is 10.3. The summed E-state index contributed by atoms with van der Waals surface area (Å²) < 4.78 is 11.4. The molecule has 1 amide bonds. The summed E-state index contributed by atoms with van der Waals surface area (Å²) in [6.45, 7) is 1.20. The lowest BCUT2D eigenvalue weighted by Crippen LogP contribution is -2.21. The van der Waals surface area contributed by atoms with Crippen LogP contribution in [0.4, 0.5) is 11.4 Å². The smallest absolute Gasteiger partial charge is 0.243 e. The number of anilines is 2. The molecule has 5 nitrogen and oxygen atoms in total. The number of nitrogens with one attached hydrogen (secondary N) is 2. The van der Waals surface area contributed by atoms with E-state index in [2.05, 4.69) is 26.6 Å². The maximum absolute atomic E-state index is 12.0. The minimum atomic E-state index is -0.117. The monoisotopic (exact) mass is 378 g/mol. The Kier molecular flexibility index (Phi) is 6.90. The summed E-state index contributed by atoms with van der Waals surface area (Å²) in [6.07, 6.45) is 0. The van der Waals surface area contributed by atoms with E-state index in [0.717, 1.165) is 21.6 Å². The van der Waals surface area contributed by atoms with Gasteiger partial charge in [-0.25, -0.2) is 0 Å². The Balaban J connectivity index is 1.83. The zero-order valence-electron chi connectivity index (χ0n) is 12.8. The molecule has 0 saturated heterocycles. The summed E-state index contributed by atoms with van der Waals surface area (Å²) in [5, 5.41) is 5.91. The molecule has 122 valence electrons. The van der Waals surface area contributed by atoms with Crippen molar-refractivity contribution in [3.63, 3.8) is 0 Å². The molecule has 2 aromatic rings. The van der Waals surface area contributed by atoms with Crippen molar-refractivity contribution in [2.45, 2.75) is 0 Å². The maximum Gasteiger partial charge on any atom is 0.243 e. The van der Waals surface area contributed by atoms with Gasteiger partial charge < -0.3 is 20.1 Å². The Bertz CT molecular complexity index is 649. The van der Waals surface area contributed by atoms with Gasteiger partial charge in [0.1, 0.15) is 12.4 Å². The minimum absolute atomic E-state index is 0.117. The van der Waals surface area contributed by atoms with Crippen LogP contribution in [0.5, 0.6) is 5.75 Å². The standard InChI is InChI=1S/C17H19BrN2O3/c1-22-8-9-23-16-7-3-5-14(11-16)19-12-17(21)20-15-6-2-4-13(18)10-15/h2-7,10-11,19H,8-9,12H2,1H3,(H,20,21). The molecular weight excluding hydrogens is 360 g/mol. The van der Waals surface area contributed by atoms with Crippen molar-refractivity contribution in [1.29, 1.82) is 0 Å². The van der Waals surface area contributed by atoms with Crippen LogP contribution >= 0.6 is 15.9 Å². The fourth-order valence-electron chi connectivity index (χ4n) is 1.89. The Labute approximate surface area is 144 Å². The summed E-state index contributed by atoms with van der Waals surface area (Å²) in [7, 11) is 1.63. The summed E-state index contributed by atoms with van der Waals surface area (Å²) >= 11 is 3.37. The zero-order valence-corrected chi connectivity index (χ0v) is 14.4. The molecule has 2 N–H and O–H groups in total. The number of methoxy groups -OCH3 is 1. The summed E-state index contributed by atoms with van der Waals surface area (Å²) in [6, 6.07) is 14.9. The normalized spacial score (nSPS) is 10.2. The number of carbonyl (C=O) groups is 1. The fourth-order valence-corrected chi connectivity index (χ4v) is 2.29. The topological polar surface area (TPSA) is 59.6 Å². The van der Waals surface area contributed by atoms with Gasteiger partial charge in [-0.15, -0.1) is 0 Å². The van der Waals surface area contributed by atoms with Gasteiger partial charge in [-0.2, -0.15) is 0 Å². The summed E-state index contributed by atoms with van der Waals surface area (Å²) in [5.41, 5.74) is 1.58. The second-order valence-electron chi connectivity index (χ2n) is 4.78. The molecule has 0 atom stereocenters. The van der Waals surface area contributed by atoms with E-state index in [1.165, 1.54) is 0 Å². The van der Waals surface area contributed by atoms with E-state index in [-0.39, 0.29) is 12.5 Å². The van der Waals surface area contributed by atoms with E-state index in [0.29, 0.717) is 13.2 Å². The minimum Gasteiger partial charge on any atom is -0.491 e. The first-order valence-corrected chi connectivity index (χ1v) is 7.98. The number of ether oxygens (including phenoxy) is 2. The summed E-state index contributed by atoms with van der Waals surface area (Å²) in [5.74, 6) is 0.619. The lowest BCUT2D eigenvalue weighted by molar-refractivity contribution is -0.114. The van der Waals surface area contributed by atoms with Crippen LogP contribution in [0.3, 0.4) is 0 Å². The highest BCUT2D eigenvalue weighted by molar-refractivity contribution is 9.10. The van der Waals surface area contributed by atoms with Crippen LogP contribution in [0.1, 0.15) is 0 Å². The molecule has 0 aliphatic heterocycles. The van der Waals surface area contributed by atoms with Crippen molar-refractivity contribution in [2.24, 2.45) is 0 Å². The van der Waals surface area contributed by atoms with Gasteiger partial charge in [0.25, 0.3) is 0 Å². The number of carbonyl (C=O) groups excluding carboxylic acids is 1. The zero-order chi connectivity index (χ0) is 16.5. The van der Waals surface area contributed by atoms with Crippen LogP contribution in [-0.2, 0) is 9.53 Å². The molecule has 0 unspecified atom stereocenters. The number of benzene rings is 2. The molecule has 2 aromatic carbocycles. The van der Waals surface area contributed by atoms with Gasteiger partial charge in [-0.1, -0.05) is 28.1 Å². The largest absolute Gasteiger partial charge is 0.491 e. The van der Waals surface area contributed by atoms with E-state index in [4.69, 9.17) is 9.47 Å². The van der Waals surface area contributed by atoms with Gasteiger partial charge in [0.15, 0.2) is 0 Å². The number of rotatable bonds is 8. The van der Waals surface area contributed by atoms with E-state index in [1.807, 2.05) is 48.5 Å². The molecule has 0 radical (unpaired) electrons. The van der Waals surface area contributed by atoms with E-state index in [1.54, 1.807) is 7.11 Å². The van der Waals surface area contributed by atoms with Gasteiger partial charge in [0.2, 0.25) is 5.91 Å². The van der Waals surface area contributed by atoms with Crippen LogP contribution in [0, 0.1) is 0 Å². The molecular formula is C17H19BrN2O3. The van der Waals surface area contributed by atoms with Crippen molar-refractivity contribution < 1.29 is 14.3 Å². The second-order valence-corrected chi connectivity index (χ2v) is 5.70. The Morgan fingerprint density at radius 3 is 2.65 bits per heavy atom. The SMILES string of the molecule is COCCOc1cccc(NCC(=O)Nc2cccc(Br)c2)c1. The van der Waals surface area contributed by atoms with Gasteiger partial charge in [-0.05, 0) is 30.3 Å². The number of amides is 1. The predicted molar refractivity (Wildman–Crippen MR) is 95.1 cm³/mol. The average Bonchev–Trinajstić information content (AvgIpc) is 2.54. The first-order valence-electron chi connectivity index (χ1n) is 7.18. The maximum atomic E-state index is 12.0. The first kappa shape index (κ1) is 17.3. The van der Waals surface area contributed by atoms with Gasteiger partial charge in [-0.3, -0.25) is 4.79 Å². The van der Waals surface area contributed by atoms with Gasteiger partial charge in [0.05, 0.1) is 13.2 Å². The van der Waals surface area contributed by atoms with Crippen LogP contribution in [0.15, 0.2) is 53.0 Å². The van der Waals surface area contributed by atoms with Crippen molar-refractivity contribution in [3.05, 3.63) is 53.0 Å². The Morgan fingerprint density at radius 2 is 1.87 bits per heavy atom. The quantitative estimate of drug-likeness (QED) is 0.689. The lowest BCUT2D eigenvalue weighted by Gasteiger charge is -2.10. The molecule has 0 aromatic heterocycles. The van der Waals surface area contributed by atoms with Crippen molar-refractivity contribution in [3.8, 4) is 5.75 Å². The summed E-state index contributed by atoms with van der Waals surface area (Å²) in [4.78, 5) is 12.0. The molecule has 0 saturated carbocycles. The van der Waals surface area contributed by atoms with Crippen molar-refractivity contribution in [1.82, 2.24) is 0 Å². The van der Waals surface area contributed by atoms with E-state index < -0.39 is 0 Å².